The lowest BCUT2D eigenvalue weighted by Gasteiger charge is -2.10. The van der Waals surface area contributed by atoms with E-state index in [1.165, 1.54) is 11.3 Å². The van der Waals surface area contributed by atoms with Gasteiger partial charge in [-0.05, 0) is 19.1 Å². The molecule has 0 amide bonds. The number of hydrogen-bond acceptors (Lipinski definition) is 3. The number of anilines is 1. The minimum Gasteiger partial charge on any atom is -0.495 e. The van der Waals surface area contributed by atoms with Gasteiger partial charge in [0.25, 0.3) is 0 Å². The van der Waals surface area contributed by atoms with Crippen molar-refractivity contribution in [1.82, 2.24) is 9.78 Å². The number of aromatic nitrogens is 2. The standard InChI is InChI=1S/C13H17N3O/c1-10-11(9-15-16(10)2)8-14-12-6-4-5-7-13(12)17-3/h4-7,9,14H,8H2,1-3H3. The molecule has 4 nitrogen and oxygen atoms in total. The first-order valence-electron chi connectivity index (χ1n) is 5.56. The van der Waals surface area contributed by atoms with Gasteiger partial charge in [-0.2, -0.15) is 5.10 Å². The largest absolute Gasteiger partial charge is 0.495 e. The van der Waals surface area contributed by atoms with Gasteiger partial charge in [0.2, 0.25) is 0 Å². The van der Waals surface area contributed by atoms with Gasteiger partial charge in [-0.15, -0.1) is 0 Å². The number of nitrogens with one attached hydrogen (secondary N) is 1. The summed E-state index contributed by atoms with van der Waals surface area (Å²) in [6, 6.07) is 7.89. The lowest BCUT2D eigenvalue weighted by Crippen LogP contribution is -2.02. The Morgan fingerprint density at radius 2 is 2.12 bits per heavy atom. The van der Waals surface area contributed by atoms with Gasteiger partial charge in [-0.1, -0.05) is 12.1 Å². The SMILES string of the molecule is COc1ccccc1NCc1cnn(C)c1C. The molecule has 90 valence electrons. The average molecular weight is 231 g/mol. The van der Waals surface area contributed by atoms with Crippen molar-refractivity contribution in [2.45, 2.75) is 13.5 Å². The fourth-order valence-corrected chi connectivity index (χ4v) is 1.70. The zero-order valence-electron chi connectivity index (χ0n) is 10.4. The molecule has 1 N–H and O–H groups in total. The molecule has 0 saturated heterocycles. The molecular formula is C13H17N3O. The molecule has 0 unspecified atom stereocenters. The smallest absolute Gasteiger partial charge is 0.141 e. The van der Waals surface area contributed by atoms with Crippen molar-refractivity contribution in [3.8, 4) is 5.75 Å². The number of ether oxygens (including phenoxy) is 1. The van der Waals surface area contributed by atoms with Crippen molar-refractivity contribution < 1.29 is 4.74 Å². The Balaban J connectivity index is 2.10. The molecule has 0 fully saturated rings. The molecule has 0 radical (unpaired) electrons. The minimum atomic E-state index is 0.750. The van der Waals surface area contributed by atoms with E-state index in [4.69, 9.17) is 4.74 Å². The molecule has 0 aliphatic carbocycles. The molecule has 0 aliphatic rings. The molecular weight excluding hydrogens is 214 g/mol. The fourth-order valence-electron chi connectivity index (χ4n) is 1.70. The van der Waals surface area contributed by atoms with Crippen LogP contribution in [0, 0.1) is 6.92 Å². The highest BCUT2D eigenvalue weighted by Crippen LogP contribution is 2.23. The van der Waals surface area contributed by atoms with E-state index in [9.17, 15) is 0 Å². The highest BCUT2D eigenvalue weighted by atomic mass is 16.5. The van der Waals surface area contributed by atoms with Crippen molar-refractivity contribution in [1.29, 1.82) is 0 Å². The number of nitrogens with zero attached hydrogens (tertiary/aromatic N) is 2. The van der Waals surface area contributed by atoms with Gasteiger partial charge in [0.15, 0.2) is 0 Å². The number of para-hydroxylation sites is 2. The average Bonchev–Trinajstić information content (AvgIpc) is 2.68. The van der Waals surface area contributed by atoms with E-state index >= 15 is 0 Å². The van der Waals surface area contributed by atoms with Crippen LogP contribution in [0.1, 0.15) is 11.3 Å². The van der Waals surface area contributed by atoms with Crippen LogP contribution in [-0.2, 0) is 13.6 Å². The molecule has 0 bridgehead atoms. The van der Waals surface area contributed by atoms with Crippen LogP contribution in [0.5, 0.6) is 5.75 Å². The van der Waals surface area contributed by atoms with Gasteiger partial charge >= 0.3 is 0 Å². The summed E-state index contributed by atoms with van der Waals surface area (Å²) in [5.74, 6) is 0.856. The van der Waals surface area contributed by atoms with Crippen molar-refractivity contribution in [2.75, 3.05) is 12.4 Å². The summed E-state index contributed by atoms with van der Waals surface area (Å²) in [4.78, 5) is 0. The maximum absolute atomic E-state index is 5.29. The fraction of sp³-hybridized carbons (Fsp3) is 0.308. The van der Waals surface area contributed by atoms with Crippen LogP contribution in [0.15, 0.2) is 30.5 Å². The summed E-state index contributed by atoms with van der Waals surface area (Å²) < 4.78 is 7.16. The zero-order valence-corrected chi connectivity index (χ0v) is 10.4. The summed E-state index contributed by atoms with van der Waals surface area (Å²) in [7, 11) is 3.62. The molecule has 17 heavy (non-hydrogen) atoms. The summed E-state index contributed by atoms with van der Waals surface area (Å²) in [5, 5.41) is 7.57. The molecule has 0 spiro atoms. The van der Waals surface area contributed by atoms with E-state index < -0.39 is 0 Å². The predicted molar refractivity (Wildman–Crippen MR) is 68.3 cm³/mol. The summed E-state index contributed by atoms with van der Waals surface area (Å²) >= 11 is 0. The number of methoxy groups -OCH3 is 1. The van der Waals surface area contributed by atoms with Crippen LogP contribution in [-0.4, -0.2) is 16.9 Å². The van der Waals surface area contributed by atoms with Crippen LogP contribution >= 0.6 is 0 Å². The van der Waals surface area contributed by atoms with E-state index in [0.29, 0.717) is 0 Å². The van der Waals surface area contributed by atoms with Gasteiger partial charge < -0.3 is 10.1 Å². The lowest BCUT2D eigenvalue weighted by atomic mass is 10.2. The Kier molecular flexibility index (Phi) is 3.32. The third kappa shape index (κ3) is 2.41. The first-order chi connectivity index (χ1) is 8.22. The maximum Gasteiger partial charge on any atom is 0.141 e. The van der Waals surface area contributed by atoms with Crippen LogP contribution in [0.3, 0.4) is 0 Å². The number of aryl methyl sites for hydroxylation is 1. The Morgan fingerprint density at radius 3 is 2.76 bits per heavy atom. The molecule has 0 aliphatic heterocycles. The van der Waals surface area contributed by atoms with Gasteiger partial charge in [-0.25, -0.2) is 0 Å². The normalized spacial score (nSPS) is 10.3. The number of hydrogen-bond donors (Lipinski definition) is 1. The Hall–Kier alpha value is -1.97. The molecule has 0 saturated carbocycles. The summed E-state index contributed by atoms with van der Waals surface area (Å²) in [6.45, 7) is 2.81. The summed E-state index contributed by atoms with van der Waals surface area (Å²) in [6.07, 6.45) is 1.89. The van der Waals surface area contributed by atoms with Crippen LogP contribution in [0.2, 0.25) is 0 Å². The quantitative estimate of drug-likeness (QED) is 0.878. The second kappa shape index (κ2) is 4.91. The van der Waals surface area contributed by atoms with E-state index in [0.717, 1.165) is 18.0 Å². The third-order valence-corrected chi connectivity index (χ3v) is 2.91. The molecule has 2 aromatic rings. The van der Waals surface area contributed by atoms with Crippen LogP contribution in [0.4, 0.5) is 5.69 Å². The van der Waals surface area contributed by atoms with Gasteiger partial charge in [0.05, 0.1) is 19.0 Å². The molecule has 1 aromatic carbocycles. The minimum absolute atomic E-state index is 0.750. The van der Waals surface area contributed by atoms with Crippen molar-refractivity contribution in [3.05, 3.63) is 41.7 Å². The second-order valence-corrected chi connectivity index (χ2v) is 3.93. The van der Waals surface area contributed by atoms with E-state index in [1.54, 1.807) is 7.11 Å². The van der Waals surface area contributed by atoms with E-state index in [-0.39, 0.29) is 0 Å². The summed E-state index contributed by atoms with van der Waals surface area (Å²) in [5.41, 5.74) is 3.36. The molecule has 1 aromatic heterocycles. The predicted octanol–water partition coefficient (Wildman–Crippen LogP) is 2.35. The number of rotatable bonds is 4. The Bertz CT molecular complexity index is 505. The third-order valence-electron chi connectivity index (χ3n) is 2.91. The second-order valence-electron chi connectivity index (χ2n) is 3.93. The Morgan fingerprint density at radius 1 is 1.35 bits per heavy atom. The molecule has 4 heteroatoms. The first kappa shape index (κ1) is 11.5. The highest BCUT2D eigenvalue weighted by Gasteiger charge is 2.05. The Labute approximate surface area is 101 Å². The van der Waals surface area contributed by atoms with Gasteiger partial charge in [0.1, 0.15) is 5.75 Å². The van der Waals surface area contributed by atoms with E-state index in [1.807, 2.05) is 42.2 Å². The number of benzene rings is 1. The first-order valence-corrected chi connectivity index (χ1v) is 5.56. The zero-order chi connectivity index (χ0) is 12.3. The lowest BCUT2D eigenvalue weighted by molar-refractivity contribution is 0.416. The molecule has 2 rings (SSSR count). The van der Waals surface area contributed by atoms with Gasteiger partial charge in [-0.3, -0.25) is 4.68 Å². The van der Waals surface area contributed by atoms with Crippen LogP contribution < -0.4 is 10.1 Å². The van der Waals surface area contributed by atoms with Crippen molar-refractivity contribution in [3.63, 3.8) is 0 Å². The topological polar surface area (TPSA) is 39.1 Å². The van der Waals surface area contributed by atoms with E-state index in [2.05, 4.69) is 17.3 Å². The monoisotopic (exact) mass is 231 g/mol. The van der Waals surface area contributed by atoms with Crippen molar-refractivity contribution >= 4 is 5.69 Å². The van der Waals surface area contributed by atoms with Gasteiger partial charge in [0, 0.05) is 24.8 Å². The molecule has 0 atom stereocenters. The maximum atomic E-state index is 5.29. The molecule has 1 heterocycles. The van der Waals surface area contributed by atoms with Crippen LogP contribution in [0.25, 0.3) is 0 Å². The highest BCUT2D eigenvalue weighted by molar-refractivity contribution is 5.56. The van der Waals surface area contributed by atoms with Crippen molar-refractivity contribution in [2.24, 2.45) is 7.05 Å².